The molecular weight excluding hydrogens is 240 g/mol. The zero-order valence-electron chi connectivity index (χ0n) is 9.41. The Morgan fingerprint density at radius 2 is 1.89 bits per heavy atom. The van der Waals surface area contributed by atoms with Crippen molar-refractivity contribution in [2.45, 2.75) is 6.92 Å². The van der Waals surface area contributed by atoms with Crippen LogP contribution in [-0.2, 0) is 9.59 Å². The number of nitro benzene ring substituents is 1. The number of hydrogen-bond donors (Lipinski definition) is 2. The number of non-ortho nitro benzene ring substituents is 1. The molecule has 3 N–H and O–H groups in total. The number of hydrogen-bond acceptors (Lipinski definition) is 5. The molecule has 1 rings (SSSR count). The van der Waals surface area contributed by atoms with Crippen molar-refractivity contribution in [2.75, 3.05) is 0 Å². The maximum absolute atomic E-state index is 10.8. The molecule has 0 aliphatic carbocycles. The van der Waals surface area contributed by atoms with E-state index in [1.54, 1.807) is 6.92 Å². The minimum Gasteiger partial charge on any atom is -0.361 e. The second-order valence-corrected chi connectivity index (χ2v) is 3.31. The average Bonchev–Trinajstić information content (AvgIpc) is 2.35. The number of carbonyl (C=O) groups excluding carboxylic acids is 2. The van der Waals surface area contributed by atoms with E-state index in [0.29, 0.717) is 11.3 Å². The predicted octanol–water partition coefficient (Wildman–Crippen LogP) is -0.0797. The van der Waals surface area contributed by atoms with Gasteiger partial charge in [-0.15, -0.1) is 0 Å². The Kier molecular flexibility index (Phi) is 4.08. The first-order valence-corrected chi connectivity index (χ1v) is 4.80. The van der Waals surface area contributed by atoms with Crippen molar-refractivity contribution in [1.82, 2.24) is 5.43 Å². The smallest absolute Gasteiger partial charge is 0.329 e. The van der Waals surface area contributed by atoms with Gasteiger partial charge in [-0.05, 0) is 24.6 Å². The van der Waals surface area contributed by atoms with Crippen LogP contribution < -0.4 is 11.2 Å². The number of rotatable bonds is 3. The molecule has 0 radical (unpaired) electrons. The SMILES string of the molecule is C/C(=N/NC(=O)C(N)=O)c1ccc([N+](=O)[O-])cc1. The Hall–Kier alpha value is -2.77. The first-order chi connectivity index (χ1) is 8.41. The molecule has 0 saturated heterocycles. The van der Waals surface area contributed by atoms with E-state index >= 15 is 0 Å². The van der Waals surface area contributed by atoms with E-state index in [2.05, 4.69) is 5.10 Å². The van der Waals surface area contributed by atoms with Crippen LogP contribution in [0.5, 0.6) is 0 Å². The number of nitro groups is 1. The van der Waals surface area contributed by atoms with Crippen LogP contribution in [0.1, 0.15) is 12.5 Å². The Morgan fingerprint density at radius 3 is 2.33 bits per heavy atom. The first-order valence-electron chi connectivity index (χ1n) is 4.80. The maximum atomic E-state index is 10.8. The highest BCUT2D eigenvalue weighted by molar-refractivity contribution is 6.34. The number of carbonyl (C=O) groups is 2. The summed E-state index contributed by atoms with van der Waals surface area (Å²) < 4.78 is 0. The van der Waals surface area contributed by atoms with Crippen molar-refractivity contribution in [3.8, 4) is 0 Å². The highest BCUT2D eigenvalue weighted by atomic mass is 16.6. The van der Waals surface area contributed by atoms with Gasteiger partial charge in [-0.25, -0.2) is 5.43 Å². The summed E-state index contributed by atoms with van der Waals surface area (Å²) in [4.78, 5) is 31.2. The van der Waals surface area contributed by atoms with Crippen molar-refractivity contribution in [3.05, 3.63) is 39.9 Å². The number of amides is 2. The van der Waals surface area contributed by atoms with Gasteiger partial charge < -0.3 is 5.73 Å². The lowest BCUT2D eigenvalue weighted by atomic mass is 10.1. The monoisotopic (exact) mass is 250 g/mol. The van der Waals surface area contributed by atoms with Crippen molar-refractivity contribution in [1.29, 1.82) is 0 Å². The van der Waals surface area contributed by atoms with Crippen LogP contribution in [0.25, 0.3) is 0 Å². The van der Waals surface area contributed by atoms with Gasteiger partial charge >= 0.3 is 11.8 Å². The molecule has 1 aromatic carbocycles. The fourth-order valence-electron chi connectivity index (χ4n) is 1.08. The molecule has 2 amide bonds. The molecule has 0 unspecified atom stereocenters. The van der Waals surface area contributed by atoms with E-state index < -0.39 is 16.7 Å². The Bertz CT molecular complexity index is 521. The lowest BCUT2D eigenvalue weighted by molar-refractivity contribution is -0.384. The summed E-state index contributed by atoms with van der Waals surface area (Å²) in [6.45, 7) is 1.57. The van der Waals surface area contributed by atoms with E-state index in [9.17, 15) is 19.7 Å². The van der Waals surface area contributed by atoms with Gasteiger partial charge in [0.15, 0.2) is 0 Å². The van der Waals surface area contributed by atoms with E-state index in [1.807, 2.05) is 5.43 Å². The molecule has 0 spiro atoms. The van der Waals surface area contributed by atoms with Crippen LogP contribution in [0.2, 0.25) is 0 Å². The molecule has 18 heavy (non-hydrogen) atoms. The van der Waals surface area contributed by atoms with Crippen LogP contribution in [0, 0.1) is 10.1 Å². The Labute approximate surface area is 102 Å². The topological polar surface area (TPSA) is 128 Å². The van der Waals surface area contributed by atoms with Crippen LogP contribution in [-0.4, -0.2) is 22.4 Å². The molecule has 0 aromatic heterocycles. The third kappa shape index (κ3) is 3.37. The number of nitrogens with zero attached hydrogens (tertiary/aromatic N) is 2. The van der Waals surface area contributed by atoms with Gasteiger partial charge in [0.25, 0.3) is 5.69 Å². The first kappa shape index (κ1) is 13.3. The Morgan fingerprint density at radius 1 is 1.33 bits per heavy atom. The van der Waals surface area contributed by atoms with Gasteiger partial charge in [0.2, 0.25) is 0 Å². The van der Waals surface area contributed by atoms with Gasteiger partial charge in [-0.1, -0.05) is 0 Å². The lowest BCUT2D eigenvalue weighted by Crippen LogP contribution is -2.33. The summed E-state index contributed by atoms with van der Waals surface area (Å²) in [5.41, 5.74) is 7.59. The minimum absolute atomic E-state index is 0.0484. The van der Waals surface area contributed by atoms with Crippen molar-refractivity contribution in [2.24, 2.45) is 10.8 Å². The zero-order valence-corrected chi connectivity index (χ0v) is 9.41. The van der Waals surface area contributed by atoms with Gasteiger partial charge in [-0.3, -0.25) is 19.7 Å². The molecular formula is C10H10N4O4. The lowest BCUT2D eigenvalue weighted by Gasteiger charge is -2.00. The molecule has 94 valence electrons. The van der Waals surface area contributed by atoms with Gasteiger partial charge in [0.05, 0.1) is 10.6 Å². The van der Waals surface area contributed by atoms with Gasteiger partial charge in [0, 0.05) is 12.1 Å². The molecule has 0 heterocycles. The number of hydrazone groups is 1. The van der Waals surface area contributed by atoms with Crippen LogP contribution in [0.3, 0.4) is 0 Å². The molecule has 8 nitrogen and oxygen atoms in total. The molecule has 0 saturated carbocycles. The van der Waals surface area contributed by atoms with Crippen LogP contribution in [0.4, 0.5) is 5.69 Å². The second-order valence-electron chi connectivity index (χ2n) is 3.31. The summed E-state index contributed by atoms with van der Waals surface area (Å²) in [6.07, 6.45) is 0. The zero-order chi connectivity index (χ0) is 13.7. The van der Waals surface area contributed by atoms with E-state index in [0.717, 1.165) is 0 Å². The second kappa shape index (κ2) is 5.53. The van der Waals surface area contributed by atoms with Crippen LogP contribution >= 0.6 is 0 Å². The molecule has 0 atom stereocenters. The third-order valence-corrected chi connectivity index (χ3v) is 2.04. The number of primary amides is 1. The fourth-order valence-corrected chi connectivity index (χ4v) is 1.08. The maximum Gasteiger partial charge on any atom is 0.329 e. The predicted molar refractivity (Wildman–Crippen MR) is 62.6 cm³/mol. The quantitative estimate of drug-likeness (QED) is 0.336. The number of benzene rings is 1. The van der Waals surface area contributed by atoms with Crippen molar-refractivity contribution < 1.29 is 14.5 Å². The largest absolute Gasteiger partial charge is 0.361 e. The van der Waals surface area contributed by atoms with Crippen LogP contribution in [0.15, 0.2) is 29.4 Å². The molecule has 0 aliphatic heterocycles. The summed E-state index contributed by atoms with van der Waals surface area (Å²) in [7, 11) is 0. The van der Waals surface area contributed by atoms with E-state index in [-0.39, 0.29) is 5.69 Å². The molecule has 8 heteroatoms. The standard InChI is InChI=1S/C10H10N4O4/c1-6(12-13-10(16)9(11)15)7-2-4-8(5-3-7)14(17)18/h2-5H,1H3,(H2,11,15)(H,13,16)/b12-6-. The summed E-state index contributed by atoms with van der Waals surface area (Å²) in [5.74, 6) is -2.17. The average molecular weight is 250 g/mol. The van der Waals surface area contributed by atoms with E-state index in [1.165, 1.54) is 24.3 Å². The third-order valence-electron chi connectivity index (χ3n) is 2.04. The normalized spacial score (nSPS) is 10.8. The van der Waals surface area contributed by atoms with Gasteiger partial charge in [-0.2, -0.15) is 5.10 Å². The van der Waals surface area contributed by atoms with E-state index in [4.69, 9.17) is 5.73 Å². The minimum atomic E-state index is -1.14. The molecule has 0 fully saturated rings. The summed E-state index contributed by atoms with van der Waals surface area (Å²) in [5, 5.41) is 14.1. The highest BCUT2D eigenvalue weighted by Crippen LogP contribution is 2.12. The van der Waals surface area contributed by atoms with Crippen molar-refractivity contribution >= 4 is 23.2 Å². The molecule has 0 bridgehead atoms. The number of nitrogens with two attached hydrogens (primary N) is 1. The highest BCUT2D eigenvalue weighted by Gasteiger charge is 2.08. The molecule has 0 aliphatic rings. The summed E-state index contributed by atoms with van der Waals surface area (Å²) >= 11 is 0. The van der Waals surface area contributed by atoms with Gasteiger partial charge in [0.1, 0.15) is 0 Å². The number of nitrogens with one attached hydrogen (secondary N) is 1. The molecule has 1 aromatic rings. The fraction of sp³-hybridized carbons (Fsp3) is 0.100. The Balaban J connectivity index is 2.81. The van der Waals surface area contributed by atoms with Crippen molar-refractivity contribution in [3.63, 3.8) is 0 Å². The summed E-state index contributed by atoms with van der Waals surface area (Å²) in [6, 6.07) is 5.58.